The smallest absolute Gasteiger partial charge is 0.394 e. The van der Waals surface area contributed by atoms with Crippen molar-refractivity contribution < 1.29 is 33.7 Å². The number of nitro groups is 2. The Hall–Kier alpha value is -6.65. The van der Waals surface area contributed by atoms with Crippen LogP contribution in [-0.4, -0.2) is 64.0 Å². The maximum Gasteiger partial charge on any atom is 0.519 e. The fourth-order valence-electron chi connectivity index (χ4n) is 6.60. The van der Waals surface area contributed by atoms with Crippen molar-refractivity contribution in [1.29, 1.82) is 0 Å². The molecule has 2 aliphatic heterocycles. The predicted octanol–water partition coefficient (Wildman–Crippen LogP) is 4.84. The number of benzene rings is 2. The van der Waals surface area contributed by atoms with E-state index in [1.54, 1.807) is 24.3 Å². The Morgan fingerprint density at radius 1 is 0.635 bits per heavy atom. The highest BCUT2D eigenvalue weighted by atomic mass is 16.7. The van der Waals surface area contributed by atoms with Gasteiger partial charge in [-0.15, -0.1) is 0 Å². The van der Waals surface area contributed by atoms with Gasteiger partial charge in [-0.2, -0.15) is 0 Å². The zero-order valence-electron chi connectivity index (χ0n) is 27.8. The number of nitrogens with two attached hydrogens (primary N) is 2. The summed E-state index contributed by atoms with van der Waals surface area (Å²) in [6.45, 7) is 2.17. The van der Waals surface area contributed by atoms with Crippen LogP contribution in [0.15, 0.2) is 73.1 Å². The second-order valence-electron chi connectivity index (χ2n) is 12.5. The van der Waals surface area contributed by atoms with E-state index < -0.39 is 27.8 Å². The minimum atomic E-state index is -1.10. The van der Waals surface area contributed by atoms with Gasteiger partial charge in [-0.25, -0.2) is 14.8 Å². The molecule has 0 bridgehead atoms. The summed E-state index contributed by atoms with van der Waals surface area (Å²) in [5.41, 5.74) is 11.8. The van der Waals surface area contributed by atoms with Crippen LogP contribution in [0.4, 0.5) is 27.8 Å². The molecule has 2 aromatic heterocycles. The number of piperidine rings is 2. The van der Waals surface area contributed by atoms with Crippen molar-refractivity contribution in [1.82, 2.24) is 9.97 Å². The summed E-state index contributed by atoms with van der Waals surface area (Å²) in [6, 6.07) is 14.6. The Balaban J connectivity index is 1.16. The standard InChI is InChI=1S/C35H34N8O9/c36-33(44)23-1-7-31(38-19-23)40-13-9-21(10-14-40)27-17-25(42(47)48)3-5-29(27)51-35(46)52-30-6-4-26(43(49)50)18-28(30)22-11-15-41(16-12-22)32-8-2-24(20-39-32)34(37)45/h1-8,17-22H,9-16H2,(H2,36,44)(H2,37,45). The largest absolute Gasteiger partial charge is 0.519 e. The van der Waals surface area contributed by atoms with Gasteiger partial charge in [-0.05, 0) is 73.9 Å². The average molecular weight is 711 g/mol. The molecule has 2 fully saturated rings. The van der Waals surface area contributed by atoms with E-state index in [0.717, 1.165) is 0 Å². The SMILES string of the molecule is NC(=O)c1ccc(N2CCC(c3cc([N+](=O)[O-])ccc3OC(=O)Oc3ccc([N+](=O)[O-])cc3C3CCN(c4ccc(C(N)=O)cn4)CC3)CC2)nc1. The second kappa shape index (κ2) is 15.1. The lowest BCUT2D eigenvalue weighted by atomic mass is 9.88. The molecule has 4 N–H and O–H groups in total. The first kappa shape index (κ1) is 35.2. The number of anilines is 2. The van der Waals surface area contributed by atoms with E-state index in [4.69, 9.17) is 20.9 Å². The zero-order valence-corrected chi connectivity index (χ0v) is 27.8. The Bertz CT molecular complexity index is 1870. The maximum absolute atomic E-state index is 13.3. The molecule has 268 valence electrons. The Morgan fingerprint density at radius 2 is 1.02 bits per heavy atom. The third-order valence-corrected chi connectivity index (χ3v) is 9.38. The summed E-state index contributed by atoms with van der Waals surface area (Å²) >= 11 is 0. The van der Waals surface area contributed by atoms with Crippen molar-refractivity contribution in [3.05, 3.63) is 116 Å². The summed E-state index contributed by atoms with van der Waals surface area (Å²) in [5.74, 6) is -0.0513. The van der Waals surface area contributed by atoms with E-state index in [1.165, 1.54) is 48.8 Å². The minimum Gasteiger partial charge on any atom is -0.394 e. The van der Waals surface area contributed by atoms with Crippen LogP contribution in [0.5, 0.6) is 11.5 Å². The zero-order chi connectivity index (χ0) is 36.9. The lowest BCUT2D eigenvalue weighted by molar-refractivity contribution is -0.385. The normalized spacial score (nSPS) is 15.2. The van der Waals surface area contributed by atoms with Crippen LogP contribution in [0.25, 0.3) is 0 Å². The fraction of sp³-hybridized carbons (Fsp3) is 0.286. The number of nitrogens with zero attached hydrogens (tertiary/aromatic N) is 6. The first-order valence-corrected chi connectivity index (χ1v) is 16.4. The molecule has 2 aromatic carbocycles. The van der Waals surface area contributed by atoms with Crippen molar-refractivity contribution >= 4 is 41.0 Å². The monoisotopic (exact) mass is 710 g/mol. The molecule has 52 heavy (non-hydrogen) atoms. The highest BCUT2D eigenvalue weighted by Gasteiger charge is 2.30. The van der Waals surface area contributed by atoms with Crippen LogP contribution in [-0.2, 0) is 0 Å². The number of carbonyl (C=O) groups is 3. The number of ether oxygens (including phenoxy) is 2. The van der Waals surface area contributed by atoms with E-state index in [2.05, 4.69) is 9.97 Å². The van der Waals surface area contributed by atoms with Gasteiger partial charge in [0.25, 0.3) is 11.4 Å². The van der Waals surface area contributed by atoms with Gasteiger partial charge in [0, 0.05) is 74.0 Å². The molecule has 0 radical (unpaired) electrons. The van der Waals surface area contributed by atoms with Crippen LogP contribution in [0, 0.1) is 20.2 Å². The van der Waals surface area contributed by atoms with Crippen LogP contribution in [0.1, 0.15) is 69.4 Å². The molecule has 0 aliphatic carbocycles. The highest BCUT2D eigenvalue weighted by molar-refractivity contribution is 5.93. The summed E-state index contributed by atoms with van der Waals surface area (Å²) < 4.78 is 11.3. The average Bonchev–Trinajstić information content (AvgIpc) is 3.15. The van der Waals surface area contributed by atoms with Gasteiger partial charge in [-0.1, -0.05) is 0 Å². The molecule has 4 heterocycles. The molecule has 2 saturated heterocycles. The van der Waals surface area contributed by atoms with Gasteiger partial charge >= 0.3 is 6.16 Å². The number of rotatable bonds is 10. The quantitative estimate of drug-likeness (QED) is 0.0970. The number of aromatic nitrogens is 2. The Kier molecular flexibility index (Phi) is 10.2. The number of nitro benzene ring substituents is 2. The molecule has 6 rings (SSSR count). The minimum absolute atomic E-state index is 0.101. The highest BCUT2D eigenvalue weighted by Crippen LogP contribution is 2.40. The number of carbonyl (C=O) groups excluding carboxylic acids is 3. The molecule has 17 nitrogen and oxygen atoms in total. The van der Waals surface area contributed by atoms with E-state index in [-0.39, 0.29) is 45.8 Å². The summed E-state index contributed by atoms with van der Waals surface area (Å²) in [5, 5.41) is 23.4. The molecular formula is C35H34N8O9. The van der Waals surface area contributed by atoms with E-state index in [9.17, 15) is 34.6 Å². The fourth-order valence-corrected chi connectivity index (χ4v) is 6.60. The predicted molar refractivity (Wildman–Crippen MR) is 187 cm³/mol. The van der Waals surface area contributed by atoms with Crippen LogP contribution in [0.2, 0.25) is 0 Å². The molecule has 4 aromatic rings. The van der Waals surface area contributed by atoms with Gasteiger partial charge < -0.3 is 30.7 Å². The first-order chi connectivity index (χ1) is 25.0. The van der Waals surface area contributed by atoms with Gasteiger partial charge in [0.1, 0.15) is 23.1 Å². The van der Waals surface area contributed by atoms with Gasteiger partial charge in [-0.3, -0.25) is 29.8 Å². The lowest BCUT2D eigenvalue weighted by Crippen LogP contribution is -2.34. The Labute approximate surface area is 296 Å². The molecular weight excluding hydrogens is 676 g/mol. The van der Waals surface area contributed by atoms with Gasteiger partial charge in [0.05, 0.1) is 21.0 Å². The topological polar surface area (TPSA) is 240 Å². The number of amides is 2. The summed E-state index contributed by atoms with van der Waals surface area (Å²) in [4.78, 5) is 71.1. The number of non-ortho nitro benzene ring substituents is 2. The van der Waals surface area contributed by atoms with E-state index in [1.807, 2.05) is 9.80 Å². The van der Waals surface area contributed by atoms with Crippen molar-refractivity contribution in [2.75, 3.05) is 36.0 Å². The molecule has 2 aliphatic rings. The summed E-state index contributed by atoms with van der Waals surface area (Å²) in [7, 11) is 0. The maximum atomic E-state index is 13.3. The number of pyridine rings is 2. The van der Waals surface area contributed by atoms with Gasteiger partial charge in [0.2, 0.25) is 11.8 Å². The lowest BCUT2D eigenvalue weighted by Gasteiger charge is -2.33. The van der Waals surface area contributed by atoms with Crippen molar-refractivity contribution in [2.24, 2.45) is 11.5 Å². The second-order valence-corrected chi connectivity index (χ2v) is 12.5. The first-order valence-electron chi connectivity index (χ1n) is 16.4. The van der Waals surface area contributed by atoms with Crippen molar-refractivity contribution in [2.45, 2.75) is 37.5 Å². The van der Waals surface area contributed by atoms with Crippen LogP contribution >= 0.6 is 0 Å². The molecule has 0 unspecified atom stereocenters. The van der Waals surface area contributed by atoms with E-state index >= 15 is 0 Å². The third kappa shape index (κ3) is 7.88. The van der Waals surface area contributed by atoms with Gasteiger partial charge in [0.15, 0.2) is 0 Å². The van der Waals surface area contributed by atoms with E-state index in [0.29, 0.717) is 74.6 Å². The van der Waals surface area contributed by atoms with Crippen molar-refractivity contribution in [3.8, 4) is 11.5 Å². The molecule has 0 saturated carbocycles. The van der Waals surface area contributed by atoms with Crippen LogP contribution < -0.4 is 30.7 Å². The molecule has 0 atom stereocenters. The Morgan fingerprint density at radius 3 is 1.33 bits per heavy atom. The number of hydrogen-bond acceptors (Lipinski definition) is 13. The number of primary amides is 2. The molecule has 0 spiro atoms. The summed E-state index contributed by atoms with van der Waals surface area (Å²) in [6.07, 6.45) is 3.95. The number of hydrogen-bond donors (Lipinski definition) is 2. The molecule has 2 amide bonds. The molecule has 17 heteroatoms. The van der Waals surface area contributed by atoms with Crippen LogP contribution in [0.3, 0.4) is 0 Å². The third-order valence-electron chi connectivity index (χ3n) is 9.38. The van der Waals surface area contributed by atoms with Crippen molar-refractivity contribution in [3.63, 3.8) is 0 Å².